The van der Waals surface area contributed by atoms with Gasteiger partial charge in [0, 0.05) is 10.0 Å². The molecular formula is C16H10BrN3O2S. The summed E-state index contributed by atoms with van der Waals surface area (Å²) >= 11 is 4.86. The molecule has 114 valence electrons. The molecule has 0 aliphatic rings. The number of fused-ring (bicyclic) bond motifs is 1. The molecule has 0 aliphatic heterocycles. The third-order valence-corrected chi connectivity index (χ3v) is 4.45. The van der Waals surface area contributed by atoms with Gasteiger partial charge >= 0.3 is 0 Å². The van der Waals surface area contributed by atoms with Crippen LogP contribution in [0.25, 0.3) is 22.5 Å². The van der Waals surface area contributed by atoms with Crippen molar-refractivity contribution in [3.8, 4) is 11.4 Å². The molecule has 0 amide bonds. The van der Waals surface area contributed by atoms with Crippen molar-refractivity contribution >= 4 is 38.8 Å². The number of benzene rings is 2. The van der Waals surface area contributed by atoms with Gasteiger partial charge in [0.15, 0.2) is 5.58 Å². The number of halogens is 1. The predicted molar refractivity (Wildman–Crippen MR) is 91.0 cm³/mol. The van der Waals surface area contributed by atoms with Crippen LogP contribution in [0.3, 0.4) is 0 Å². The maximum Gasteiger partial charge on any atom is 0.257 e. The third kappa shape index (κ3) is 3.16. The van der Waals surface area contributed by atoms with Gasteiger partial charge in [-0.15, -0.1) is 0 Å². The molecule has 0 aliphatic carbocycles. The normalized spacial score (nSPS) is 11.2. The molecule has 0 N–H and O–H groups in total. The van der Waals surface area contributed by atoms with Crippen LogP contribution in [0.5, 0.6) is 0 Å². The van der Waals surface area contributed by atoms with Gasteiger partial charge in [-0.2, -0.15) is 4.98 Å². The van der Waals surface area contributed by atoms with Crippen molar-refractivity contribution in [3.63, 3.8) is 0 Å². The molecule has 2 aromatic carbocycles. The Balaban J connectivity index is 1.49. The second-order valence-corrected chi connectivity index (χ2v) is 6.60. The van der Waals surface area contributed by atoms with E-state index < -0.39 is 0 Å². The van der Waals surface area contributed by atoms with E-state index in [4.69, 9.17) is 8.94 Å². The second kappa shape index (κ2) is 6.17. The first kappa shape index (κ1) is 14.5. The summed E-state index contributed by atoms with van der Waals surface area (Å²) < 4.78 is 11.9. The van der Waals surface area contributed by atoms with E-state index in [1.165, 1.54) is 11.8 Å². The summed E-state index contributed by atoms with van der Waals surface area (Å²) in [6.07, 6.45) is 0. The van der Waals surface area contributed by atoms with E-state index in [-0.39, 0.29) is 0 Å². The zero-order valence-corrected chi connectivity index (χ0v) is 14.2. The van der Waals surface area contributed by atoms with Crippen molar-refractivity contribution in [3.05, 3.63) is 58.9 Å². The lowest BCUT2D eigenvalue weighted by Gasteiger charge is -1.94. The van der Waals surface area contributed by atoms with Crippen LogP contribution in [0.15, 0.2) is 67.2 Å². The van der Waals surface area contributed by atoms with E-state index in [1.807, 2.05) is 48.5 Å². The molecule has 23 heavy (non-hydrogen) atoms. The van der Waals surface area contributed by atoms with Crippen LogP contribution >= 0.6 is 27.7 Å². The van der Waals surface area contributed by atoms with Gasteiger partial charge in [-0.1, -0.05) is 57.1 Å². The van der Waals surface area contributed by atoms with E-state index in [2.05, 4.69) is 31.1 Å². The number of hydrogen-bond donors (Lipinski definition) is 0. The summed E-state index contributed by atoms with van der Waals surface area (Å²) in [5, 5.41) is 4.60. The van der Waals surface area contributed by atoms with Gasteiger partial charge in [0.25, 0.3) is 5.22 Å². The number of para-hydroxylation sites is 2. The molecule has 0 fully saturated rings. The largest absolute Gasteiger partial charge is 0.431 e. The molecule has 2 heterocycles. The van der Waals surface area contributed by atoms with Crippen molar-refractivity contribution in [1.29, 1.82) is 0 Å². The zero-order chi connectivity index (χ0) is 15.6. The van der Waals surface area contributed by atoms with Crippen LogP contribution < -0.4 is 0 Å². The lowest BCUT2D eigenvalue weighted by molar-refractivity contribution is 0.391. The molecular weight excluding hydrogens is 378 g/mol. The Hall–Kier alpha value is -2.12. The van der Waals surface area contributed by atoms with Crippen LogP contribution in [0.2, 0.25) is 0 Å². The SMILES string of the molecule is Brc1cccc(-c2noc(CSc3nc4ccccc4o3)n2)c1. The minimum Gasteiger partial charge on any atom is -0.431 e. The average molecular weight is 388 g/mol. The fourth-order valence-corrected chi connectivity index (χ4v) is 3.17. The van der Waals surface area contributed by atoms with Gasteiger partial charge < -0.3 is 8.94 Å². The van der Waals surface area contributed by atoms with Crippen LogP contribution in [0.4, 0.5) is 0 Å². The van der Waals surface area contributed by atoms with Gasteiger partial charge in [-0.3, -0.25) is 0 Å². The number of thioether (sulfide) groups is 1. The van der Waals surface area contributed by atoms with Crippen LogP contribution in [0, 0.1) is 0 Å². The minimum absolute atomic E-state index is 0.508. The highest BCUT2D eigenvalue weighted by molar-refractivity contribution is 9.10. The van der Waals surface area contributed by atoms with Gasteiger partial charge in [-0.25, -0.2) is 4.98 Å². The molecule has 0 saturated heterocycles. The molecule has 0 radical (unpaired) electrons. The maximum atomic E-state index is 5.65. The third-order valence-electron chi connectivity index (χ3n) is 3.14. The fourth-order valence-electron chi connectivity index (χ4n) is 2.09. The van der Waals surface area contributed by atoms with E-state index in [0.29, 0.717) is 22.7 Å². The van der Waals surface area contributed by atoms with E-state index in [0.717, 1.165) is 21.1 Å². The predicted octanol–water partition coefficient (Wildman–Crippen LogP) is 4.93. The lowest BCUT2D eigenvalue weighted by Crippen LogP contribution is -1.83. The van der Waals surface area contributed by atoms with Crippen LogP contribution in [-0.2, 0) is 5.75 Å². The highest BCUT2D eigenvalue weighted by Gasteiger charge is 2.12. The first-order valence-corrected chi connectivity index (χ1v) is 8.63. The molecule has 0 spiro atoms. The number of oxazole rings is 1. The Morgan fingerprint density at radius 2 is 1.96 bits per heavy atom. The fraction of sp³-hybridized carbons (Fsp3) is 0.0625. The van der Waals surface area contributed by atoms with Gasteiger partial charge in [0.05, 0.1) is 5.75 Å². The smallest absolute Gasteiger partial charge is 0.257 e. The summed E-state index contributed by atoms with van der Waals surface area (Å²) in [5.74, 6) is 1.61. The van der Waals surface area contributed by atoms with Gasteiger partial charge in [0.1, 0.15) is 5.52 Å². The van der Waals surface area contributed by atoms with E-state index in [9.17, 15) is 0 Å². The highest BCUT2D eigenvalue weighted by Crippen LogP contribution is 2.27. The topological polar surface area (TPSA) is 65.0 Å². The number of hydrogen-bond acceptors (Lipinski definition) is 6. The van der Waals surface area contributed by atoms with Crippen molar-refractivity contribution < 1.29 is 8.94 Å². The standard InChI is InChI=1S/C16H10BrN3O2S/c17-11-5-3-4-10(8-11)15-19-14(22-20-15)9-23-16-18-12-6-1-2-7-13(12)21-16/h1-8H,9H2. The number of rotatable bonds is 4. The molecule has 0 bridgehead atoms. The second-order valence-electron chi connectivity index (χ2n) is 4.76. The molecule has 0 saturated carbocycles. The molecule has 4 aromatic rings. The van der Waals surface area contributed by atoms with Crippen molar-refractivity contribution in [2.24, 2.45) is 0 Å². The number of aromatic nitrogens is 3. The Morgan fingerprint density at radius 1 is 1.04 bits per heavy atom. The van der Waals surface area contributed by atoms with Crippen molar-refractivity contribution in [2.75, 3.05) is 0 Å². The maximum absolute atomic E-state index is 5.65. The van der Waals surface area contributed by atoms with Gasteiger partial charge in [-0.05, 0) is 24.3 Å². The average Bonchev–Trinajstić information content (AvgIpc) is 3.19. The molecule has 7 heteroatoms. The van der Waals surface area contributed by atoms with Crippen LogP contribution in [0.1, 0.15) is 5.89 Å². The minimum atomic E-state index is 0.508. The molecule has 2 aromatic heterocycles. The van der Waals surface area contributed by atoms with Crippen molar-refractivity contribution in [2.45, 2.75) is 11.0 Å². The van der Waals surface area contributed by atoms with Crippen LogP contribution in [-0.4, -0.2) is 15.1 Å². The van der Waals surface area contributed by atoms with E-state index >= 15 is 0 Å². The first-order chi connectivity index (χ1) is 11.3. The van der Waals surface area contributed by atoms with E-state index in [1.54, 1.807) is 0 Å². The Kier molecular flexibility index (Phi) is 3.88. The Labute approximate surface area is 144 Å². The first-order valence-electron chi connectivity index (χ1n) is 6.85. The quantitative estimate of drug-likeness (QED) is 0.462. The van der Waals surface area contributed by atoms with Crippen molar-refractivity contribution in [1.82, 2.24) is 15.1 Å². The molecule has 4 rings (SSSR count). The summed E-state index contributed by atoms with van der Waals surface area (Å²) in [6.45, 7) is 0. The summed E-state index contributed by atoms with van der Waals surface area (Å²) in [7, 11) is 0. The Morgan fingerprint density at radius 3 is 2.83 bits per heavy atom. The summed E-state index contributed by atoms with van der Waals surface area (Å²) in [4.78, 5) is 8.81. The Bertz CT molecular complexity index is 934. The summed E-state index contributed by atoms with van der Waals surface area (Å²) in [5.41, 5.74) is 2.52. The van der Waals surface area contributed by atoms with Gasteiger partial charge in [0.2, 0.25) is 11.7 Å². The highest BCUT2D eigenvalue weighted by atomic mass is 79.9. The molecule has 0 unspecified atom stereocenters. The molecule has 5 nitrogen and oxygen atoms in total. The number of nitrogens with zero attached hydrogens (tertiary/aromatic N) is 3. The summed E-state index contributed by atoms with van der Waals surface area (Å²) in [6, 6.07) is 15.4. The monoisotopic (exact) mass is 387 g/mol. The molecule has 0 atom stereocenters. The zero-order valence-electron chi connectivity index (χ0n) is 11.8. The lowest BCUT2D eigenvalue weighted by atomic mass is 10.2.